The van der Waals surface area contributed by atoms with E-state index in [1.807, 2.05) is 35.2 Å². The van der Waals surface area contributed by atoms with Crippen molar-refractivity contribution in [2.75, 3.05) is 15.5 Å². The summed E-state index contributed by atoms with van der Waals surface area (Å²) in [6, 6.07) is 10.5. The largest absolute Gasteiger partial charge is 0.480 e. The second-order valence-electron chi connectivity index (χ2n) is 7.39. The van der Waals surface area contributed by atoms with Crippen LogP contribution in [0.1, 0.15) is 30.7 Å². The SMILES string of the molecule is CC(C)(Nc1nc2c(c(NCc3ccccc3)n1)CN(c1ncco1)C2)C(=O)O. The Kier molecular flexibility index (Phi) is 4.79. The van der Waals surface area contributed by atoms with Crippen LogP contribution in [-0.2, 0) is 24.4 Å². The minimum atomic E-state index is -1.20. The van der Waals surface area contributed by atoms with Crippen molar-refractivity contribution in [1.29, 1.82) is 0 Å². The first kappa shape index (κ1) is 18.7. The molecular formula is C20H22N6O3. The Hall–Kier alpha value is -3.62. The lowest BCUT2D eigenvalue weighted by atomic mass is 10.1. The fourth-order valence-electron chi connectivity index (χ4n) is 3.08. The molecule has 1 aliphatic rings. The van der Waals surface area contributed by atoms with Crippen molar-refractivity contribution in [2.45, 2.75) is 39.0 Å². The zero-order valence-electron chi connectivity index (χ0n) is 16.2. The fourth-order valence-corrected chi connectivity index (χ4v) is 3.08. The Balaban J connectivity index is 1.64. The van der Waals surface area contributed by atoms with E-state index in [0.717, 1.165) is 16.8 Å². The summed E-state index contributed by atoms with van der Waals surface area (Å²) < 4.78 is 5.41. The molecule has 2 aromatic heterocycles. The molecule has 4 rings (SSSR count). The fraction of sp³-hybridized carbons (Fsp3) is 0.300. The lowest BCUT2D eigenvalue weighted by molar-refractivity contribution is -0.141. The van der Waals surface area contributed by atoms with Gasteiger partial charge in [0.2, 0.25) is 5.95 Å². The Morgan fingerprint density at radius 3 is 2.72 bits per heavy atom. The highest BCUT2D eigenvalue weighted by atomic mass is 16.4. The standard InChI is InChI=1S/C20H22N6O3/c1-20(2,17(27)28)25-18-23-15-12-26(19-21-8-9-29-19)11-14(15)16(24-18)22-10-13-6-4-3-5-7-13/h3-9H,10-12H2,1-2H3,(H,27,28)(H2,22,23,24,25). The van der Waals surface area contributed by atoms with E-state index in [9.17, 15) is 9.90 Å². The average Bonchev–Trinajstić information content (AvgIpc) is 3.36. The second-order valence-corrected chi connectivity index (χ2v) is 7.39. The maximum Gasteiger partial charge on any atom is 0.328 e. The number of rotatable bonds is 7. The van der Waals surface area contributed by atoms with Crippen LogP contribution in [0.4, 0.5) is 17.8 Å². The number of fused-ring (bicyclic) bond motifs is 1. The van der Waals surface area contributed by atoms with Crippen molar-refractivity contribution in [3.8, 4) is 0 Å². The van der Waals surface area contributed by atoms with Crippen molar-refractivity contribution >= 4 is 23.8 Å². The van der Waals surface area contributed by atoms with Crippen LogP contribution in [0.15, 0.2) is 47.2 Å². The summed E-state index contributed by atoms with van der Waals surface area (Å²) in [5.74, 6) is -0.0561. The molecule has 1 aromatic carbocycles. The number of nitrogens with zero attached hydrogens (tertiary/aromatic N) is 4. The summed E-state index contributed by atoms with van der Waals surface area (Å²) in [6.45, 7) is 4.78. The molecule has 3 heterocycles. The van der Waals surface area contributed by atoms with Crippen LogP contribution in [0.5, 0.6) is 0 Å². The quantitative estimate of drug-likeness (QED) is 0.556. The molecule has 0 fully saturated rings. The molecule has 0 aliphatic carbocycles. The van der Waals surface area contributed by atoms with E-state index in [4.69, 9.17) is 4.42 Å². The van der Waals surface area contributed by atoms with E-state index < -0.39 is 11.5 Å². The first-order valence-electron chi connectivity index (χ1n) is 9.26. The zero-order chi connectivity index (χ0) is 20.4. The summed E-state index contributed by atoms with van der Waals surface area (Å²) in [4.78, 5) is 26.8. The van der Waals surface area contributed by atoms with Crippen molar-refractivity contribution in [2.24, 2.45) is 0 Å². The van der Waals surface area contributed by atoms with Gasteiger partial charge in [-0.25, -0.2) is 14.8 Å². The Morgan fingerprint density at radius 2 is 2.03 bits per heavy atom. The number of carboxylic acids is 1. The Labute approximate surface area is 167 Å². The van der Waals surface area contributed by atoms with Crippen LogP contribution in [0.3, 0.4) is 0 Å². The minimum absolute atomic E-state index is 0.265. The first-order valence-corrected chi connectivity index (χ1v) is 9.26. The van der Waals surface area contributed by atoms with Crippen LogP contribution in [0, 0.1) is 0 Å². The van der Waals surface area contributed by atoms with Crippen molar-refractivity contribution in [1.82, 2.24) is 15.0 Å². The molecule has 0 saturated carbocycles. The Bertz CT molecular complexity index is 1000. The summed E-state index contributed by atoms with van der Waals surface area (Å²) in [7, 11) is 0. The van der Waals surface area contributed by atoms with Crippen LogP contribution in [-0.4, -0.2) is 31.6 Å². The Morgan fingerprint density at radius 1 is 1.24 bits per heavy atom. The molecular weight excluding hydrogens is 372 g/mol. The molecule has 0 atom stereocenters. The lowest BCUT2D eigenvalue weighted by Crippen LogP contribution is -2.40. The van der Waals surface area contributed by atoms with Crippen molar-refractivity contribution < 1.29 is 14.3 Å². The number of aromatic nitrogens is 3. The molecule has 0 spiro atoms. The molecule has 29 heavy (non-hydrogen) atoms. The molecule has 0 radical (unpaired) electrons. The predicted octanol–water partition coefficient (Wildman–Crippen LogP) is 2.87. The number of hydrogen-bond donors (Lipinski definition) is 3. The number of aliphatic carboxylic acids is 1. The summed E-state index contributed by atoms with van der Waals surface area (Å²) in [6.07, 6.45) is 3.13. The number of oxazole rings is 1. The van der Waals surface area contributed by atoms with Gasteiger partial charge in [0.05, 0.1) is 25.0 Å². The number of carbonyl (C=O) groups is 1. The van der Waals surface area contributed by atoms with Crippen molar-refractivity contribution in [3.63, 3.8) is 0 Å². The van der Waals surface area contributed by atoms with Crippen molar-refractivity contribution in [3.05, 3.63) is 59.6 Å². The molecule has 9 nitrogen and oxygen atoms in total. The van der Waals surface area contributed by atoms with Gasteiger partial charge in [0.1, 0.15) is 17.6 Å². The highest BCUT2D eigenvalue weighted by Crippen LogP contribution is 2.31. The number of hydrogen-bond acceptors (Lipinski definition) is 8. The molecule has 3 N–H and O–H groups in total. The van der Waals surface area contributed by atoms with Gasteiger partial charge in [-0.3, -0.25) is 0 Å². The van der Waals surface area contributed by atoms with Crippen LogP contribution in [0.2, 0.25) is 0 Å². The molecule has 150 valence electrons. The molecule has 0 bridgehead atoms. The number of anilines is 3. The first-order chi connectivity index (χ1) is 13.9. The van der Waals surface area contributed by atoms with Gasteiger partial charge in [0, 0.05) is 12.1 Å². The minimum Gasteiger partial charge on any atom is -0.480 e. The molecule has 9 heteroatoms. The van der Waals surface area contributed by atoms with Crippen LogP contribution < -0.4 is 15.5 Å². The van der Waals surface area contributed by atoms with Gasteiger partial charge in [-0.1, -0.05) is 30.3 Å². The topological polar surface area (TPSA) is 116 Å². The van der Waals surface area contributed by atoms with E-state index in [2.05, 4.69) is 25.6 Å². The summed E-state index contributed by atoms with van der Waals surface area (Å²) in [5, 5.41) is 15.7. The van der Waals surface area contributed by atoms with E-state index in [-0.39, 0.29) is 5.95 Å². The summed E-state index contributed by atoms with van der Waals surface area (Å²) in [5.41, 5.74) is 1.66. The van der Waals surface area contributed by atoms with Crippen LogP contribution in [0.25, 0.3) is 0 Å². The normalized spacial score (nSPS) is 13.2. The average molecular weight is 394 g/mol. The van der Waals surface area contributed by atoms with Gasteiger partial charge in [0.15, 0.2) is 0 Å². The number of carboxylic acid groups (broad SMARTS) is 1. The van der Waals surface area contributed by atoms with Gasteiger partial charge in [-0.05, 0) is 19.4 Å². The summed E-state index contributed by atoms with van der Waals surface area (Å²) >= 11 is 0. The van der Waals surface area contributed by atoms with E-state index in [1.165, 1.54) is 6.26 Å². The molecule has 0 saturated heterocycles. The van der Waals surface area contributed by atoms with E-state index >= 15 is 0 Å². The molecule has 0 amide bonds. The predicted molar refractivity (Wildman–Crippen MR) is 108 cm³/mol. The van der Waals surface area contributed by atoms with Gasteiger partial charge >= 0.3 is 5.97 Å². The zero-order valence-corrected chi connectivity index (χ0v) is 16.2. The highest BCUT2D eigenvalue weighted by Gasteiger charge is 2.31. The maximum absolute atomic E-state index is 11.5. The van der Waals surface area contributed by atoms with E-state index in [1.54, 1.807) is 20.0 Å². The van der Waals surface area contributed by atoms with Gasteiger partial charge in [-0.15, -0.1) is 0 Å². The molecule has 3 aromatic rings. The van der Waals surface area contributed by atoms with Crippen LogP contribution >= 0.6 is 0 Å². The second kappa shape index (κ2) is 7.42. The lowest BCUT2D eigenvalue weighted by Gasteiger charge is -2.22. The molecule has 1 aliphatic heterocycles. The molecule has 0 unspecified atom stereocenters. The number of nitrogens with one attached hydrogen (secondary N) is 2. The smallest absolute Gasteiger partial charge is 0.328 e. The maximum atomic E-state index is 11.5. The van der Waals surface area contributed by atoms with E-state index in [0.29, 0.717) is 31.5 Å². The number of benzene rings is 1. The third-order valence-electron chi connectivity index (χ3n) is 4.73. The monoisotopic (exact) mass is 394 g/mol. The van der Waals surface area contributed by atoms with Gasteiger partial charge in [-0.2, -0.15) is 4.98 Å². The van der Waals surface area contributed by atoms with Gasteiger partial charge < -0.3 is 25.1 Å². The highest BCUT2D eigenvalue weighted by molar-refractivity contribution is 5.81. The third kappa shape index (κ3) is 3.98. The van der Waals surface area contributed by atoms with Gasteiger partial charge in [0.25, 0.3) is 6.01 Å². The third-order valence-corrected chi connectivity index (χ3v) is 4.73.